The fraction of sp³-hybridized carbons (Fsp3) is 0.250. The Morgan fingerprint density at radius 2 is 1.91 bits per heavy atom. The third-order valence-electron chi connectivity index (χ3n) is 4.86. The Bertz CT molecular complexity index is 1040. The number of para-hydroxylation sites is 1. The molecule has 3 nitrogen and oxygen atoms in total. The molecule has 2 aromatic rings. The van der Waals surface area contributed by atoms with Crippen LogP contribution in [0.1, 0.15) is 31.2 Å². The van der Waals surface area contributed by atoms with Gasteiger partial charge in [-0.2, -0.15) is 0 Å². The predicted octanol–water partition coefficient (Wildman–Crippen LogP) is 4.75. The summed E-state index contributed by atoms with van der Waals surface area (Å²) in [5.74, 6) is 0. The maximum atomic E-state index is 5.88. The maximum absolute atomic E-state index is 5.88. The fourth-order valence-corrected chi connectivity index (χ4v) is 3.63. The number of nitrogens with zero attached hydrogens (tertiary/aromatic N) is 2. The van der Waals surface area contributed by atoms with Gasteiger partial charge in [-0.3, -0.25) is 0 Å². The summed E-state index contributed by atoms with van der Waals surface area (Å²) in [5.41, 5.74) is 6.86. The number of benzene rings is 1. The standard InChI is InChI=1S/C20H18N2O/c1-12-10-16-18-14(13-6-4-5-7-15(13)21-18)8-9-22(16)17(11-12)19-20(2,3)23-19/h4-11,19H,1-3H3/t19-/m1/s1. The molecule has 0 N–H and O–H groups in total. The fourth-order valence-electron chi connectivity index (χ4n) is 3.63. The molecule has 114 valence electrons. The van der Waals surface area contributed by atoms with Crippen molar-refractivity contribution in [1.82, 2.24) is 9.38 Å². The largest absolute Gasteiger partial charge is 0.360 e. The maximum Gasteiger partial charge on any atom is 0.127 e. The molecule has 23 heavy (non-hydrogen) atoms. The van der Waals surface area contributed by atoms with E-state index in [1.807, 2.05) is 6.07 Å². The first-order valence-corrected chi connectivity index (χ1v) is 8.02. The minimum absolute atomic E-state index is 0.0765. The Kier molecular flexibility index (Phi) is 2.34. The Morgan fingerprint density at radius 3 is 2.70 bits per heavy atom. The van der Waals surface area contributed by atoms with Gasteiger partial charge in [0.2, 0.25) is 0 Å². The highest BCUT2D eigenvalue weighted by Gasteiger charge is 2.50. The molecule has 1 aromatic carbocycles. The molecule has 3 aliphatic rings. The molecule has 0 aliphatic carbocycles. The average Bonchev–Trinajstić information content (AvgIpc) is 3.00. The van der Waals surface area contributed by atoms with Crippen molar-refractivity contribution < 1.29 is 4.74 Å². The summed E-state index contributed by atoms with van der Waals surface area (Å²) >= 11 is 0. The normalized spacial score (nSPS) is 19.7. The lowest BCUT2D eigenvalue weighted by atomic mass is 10.0. The highest BCUT2D eigenvalue weighted by molar-refractivity contribution is 6.01. The van der Waals surface area contributed by atoms with Crippen LogP contribution >= 0.6 is 0 Å². The van der Waals surface area contributed by atoms with E-state index >= 15 is 0 Å². The number of hydrogen-bond donors (Lipinski definition) is 0. The van der Waals surface area contributed by atoms with Gasteiger partial charge in [0.25, 0.3) is 0 Å². The van der Waals surface area contributed by atoms with Gasteiger partial charge in [-0.15, -0.1) is 0 Å². The van der Waals surface area contributed by atoms with Gasteiger partial charge in [0.15, 0.2) is 0 Å². The van der Waals surface area contributed by atoms with Gasteiger partial charge in [-0.25, -0.2) is 4.98 Å². The molecule has 5 rings (SSSR count). The summed E-state index contributed by atoms with van der Waals surface area (Å²) in [6, 6.07) is 14.9. The van der Waals surface area contributed by atoms with Gasteiger partial charge in [0.1, 0.15) is 6.10 Å². The highest BCUT2D eigenvalue weighted by Crippen LogP contribution is 2.49. The van der Waals surface area contributed by atoms with Crippen molar-refractivity contribution in [3.8, 4) is 11.3 Å². The Hall–Kier alpha value is -2.39. The average molecular weight is 302 g/mol. The molecular formula is C20H18N2O. The summed E-state index contributed by atoms with van der Waals surface area (Å²) in [6.45, 7) is 6.42. The lowest BCUT2D eigenvalue weighted by Crippen LogP contribution is -2.05. The molecule has 0 saturated carbocycles. The number of aryl methyl sites for hydroxylation is 1. The SMILES string of the molecule is Cc1cc([C@H]2OC2(C)C)n2ccc3c4ccccc4nc-3c2c1. The van der Waals surface area contributed by atoms with E-state index in [0.717, 1.165) is 16.7 Å². The molecule has 3 heteroatoms. The summed E-state index contributed by atoms with van der Waals surface area (Å²) in [5, 5.41) is 1.22. The molecule has 0 radical (unpaired) electrons. The number of aromatic nitrogens is 2. The van der Waals surface area contributed by atoms with Crippen molar-refractivity contribution in [3.63, 3.8) is 0 Å². The van der Waals surface area contributed by atoms with E-state index in [9.17, 15) is 0 Å². The van der Waals surface area contributed by atoms with Crippen molar-refractivity contribution in [2.45, 2.75) is 32.5 Å². The van der Waals surface area contributed by atoms with Gasteiger partial charge in [0.05, 0.1) is 28.0 Å². The molecule has 1 atom stereocenters. The van der Waals surface area contributed by atoms with Crippen LogP contribution in [-0.2, 0) is 4.74 Å². The first-order chi connectivity index (χ1) is 11.0. The van der Waals surface area contributed by atoms with Gasteiger partial charge >= 0.3 is 0 Å². The van der Waals surface area contributed by atoms with Crippen molar-refractivity contribution in [1.29, 1.82) is 0 Å². The number of pyridine rings is 2. The Morgan fingerprint density at radius 1 is 1.13 bits per heavy atom. The molecule has 1 aromatic heterocycles. The van der Waals surface area contributed by atoms with E-state index in [1.165, 1.54) is 22.2 Å². The second-order valence-corrected chi connectivity index (χ2v) is 7.02. The second-order valence-electron chi connectivity index (χ2n) is 7.02. The van der Waals surface area contributed by atoms with E-state index in [2.05, 4.69) is 67.8 Å². The molecule has 1 fully saturated rings. The molecule has 3 aliphatic heterocycles. The van der Waals surface area contributed by atoms with E-state index in [-0.39, 0.29) is 11.7 Å². The van der Waals surface area contributed by atoms with Gasteiger partial charge in [-0.05, 0) is 50.6 Å². The lowest BCUT2D eigenvalue weighted by molar-refractivity contribution is 0.323. The topological polar surface area (TPSA) is 29.8 Å². The quantitative estimate of drug-likeness (QED) is 0.475. The minimum atomic E-state index is -0.0765. The van der Waals surface area contributed by atoms with E-state index in [1.54, 1.807) is 0 Å². The monoisotopic (exact) mass is 302 g/mol. The van der Waals surface area contributed by atoms with Crippen molar-refractivity contribution in [2.24, 2.45) is 0 Å². The summed E-state index contributed by atoms with van der Waals surface area (Å²) in [6.07, 6.45) is 2.30. The predicted molar refractivity (Wildman–Crippen MR) is 92.0 cm³/mol. The van der Waals surface area contributed by atoms with E-state index < -0.39 is 0 Å². The summed E-state index contributed by atoms with van der Waals surface area (Å²) < 4.78 is 8.12. The molecule has 0 spiro atoms. The number of fused-ring (bicyclic) bond motifs is 5. The highest BCUT2D eigenvalue weighted by atomic mass is 16.6. The molecule has 4 heterocycles. The van der Waals surface area contributed by atoms with Crippen LogP contribution < -0.4 is 0 Å². The van der Waals surface area contributed by atoms with Gasteiger partial charge in [0, 0.05) is 17.1 Å². The molecule has 1 saturated heterocycles. The first-order valence-electron chi connectivity index (χ1n) is 8.02. The zero-order valence-corrected chi connectivity index (χ0v) is 13.5. The number of ether oxygens (including phenoxy) is 1. The van der Waals surface area contributed by atoms with E-state index in [0.29, 0.717) is 0 Å². The Labute approximate surface area is 134 Å². The molecule has 0 amide bonds. The van der Waals surface area contributed by atoms with Crippen LogP contribution in [0.2, 0.25) is 0 Å². The summed E-state index contributed by atoms with van der Waals surface area (Å²) in [7, 11) is 0. The van der Waals surface area contributed by atoms with E-state index in [4.69, 9.17) is 9.72 Å². The van der Waals surface area contributed by atoms with Crippen LogP contribution in [0.3, 0.4) is 0 Å². The number of epoxide rings is 1. The van der Waals surface area contributed by atoms with Crippen LogP contribution in [0.4, 0.5) is 0 Å². The van der Waals surface area contributed by atoms with Crippen molar-refractivity contribution in [3.05, 3.63) is 59.9 Å². The first kappa shape index (κ1) is 13.1. The molecular weight excluding hydrogens is 284 g/mol. The van der Waals surface area contributed by atoms with Crippen LogP contribution in [0.25, 0.3) is 27.7 Å². The van der Waals surface area contributed by atoms with Crippen LogP contribution in [0, 0.1) is 6.92 Å². The number of rotatable bonds is 1. The Balaban J connectivity index is 1.88. The third kappa shape index (κ3) is 1.77. The zero-order valence-electron chi connectivity index (χ0n) is 13.5. The van der Waals surface area contributed by atoms with Crippen LogP contribution in [0.15, 0.2) is 48.7 Å². The molecule has 0 unspecified atom stereocenters. The minimum Gasteiger partial charge on any atom is -0.360 e. The number of hydrogen-bond acceptors (Lipinski definition) is 2. The van der Waals surface area contributed by atoms with Crippen molar-refractivity contribution in [2.75, 3.05) is 0 Å². The zero-order chi connectivity index (χ0) is 15.8. The van der Waals surface area contributed by atoms with Crippen molar-refractivity contribution >= 4 is 16.4 Å². The van der Waals surface area contributed by atoms with Gasteiger partial charge < -0.3 is 9.14 Å². The lowest BCUT2D eigenvalue weighted by Gasteiger charge is -2.13. The van der Waals surface area contributed by atoms with Gasteiger partial charge in [-0.1, -0.05) is 18.2 Å². The molecule has 0 bridgehead atoms. The third-order valence-corrected chi connectivity index (χ3v) is 4.86. The van der Waals surface area contributed by atoms with Crippen LogP contribution in [0.5, 0.6) is 0 Å². The second kappa shape index (κ2) is 4.12. The summed E-state index contributed by atoms with van der Waals surface area (Å²) in [4.78, 5) is 4.88. The van der Waals surface area contributed by atoms with Crippen LogP contribution in [-0.4, -0.2) is 15.0 Å². The smallest absolute Gasteiger partial charge is 0.127 e.